The summed E-state index contributed by atoms with van der Waals surface area (Å²) >= 11 is 0. The summed E-state index contributed by atoms with van der Waals surface area (Å²) in [4.78, 5) is 36.0. The van der Waals surface area contributed by atoms with Crippen LogP contribution in [0.1, 0.15) is 29.8 Å². The van der Waals surface area contributed by atoms with Crippen LogP contribution in [0.2, 0.25) is 0 Å². The van der Waals surface area contributed by atoms with Gasteiger partial charge in [-0.3, -0.25) is 14.4 Å². The molecule has 5 heteroatoms. The van der Waals surface area contributed by atoms with E-state index in [1.54, 1.807) is 24.3 Å². The average molecular weight is 401 g/mol. The van der Waals surface area contributed by atoms with Gasteiger partial charge in [0.25, 0.3) is 5.91 Å². The minimum Gasteiger partial charge on any atom is -0.452 e. The lowest BCUT2D eigenvalue weighted by molar-refractivity contribution is -0.152. The summed E-state index contributed by atoms with van der Waals surface area (Å²) in [5.74, 6) is -1.03. The molecule has 0 spiro atoms. The standard InChI is InChI=1S/C25H23NO4/c1-17(27)22-9-6-10-23(16-22)26-25(29)18(2)30-24(28)15-19-11-13-21(14-12-19)20-7-4-3-5-8-20/h3-14,16,18H,15H2,1-2H3,(H,26,29)/t18-/m0/s1. The molecule has 0 saturated heterocycles. The van der Waals surface area contributed by atoms with Crippen molar-refractivity contribution in [2.24, 2.45) is 0 Å². The van der Waals surface area contributed by atoms with Gasteiger partial charge < -0.3 is 10.1 Å². The number of carbonyl (C=O) groups is 3. The van der Waals surface area contributed by atoms with Crippen molar-refractivity contribution in [1.29, 1.82) is 0 Å². The Kier molecular flexibility index (Phi) is 6.75. The number of carbonyl (C=O) groups excluding carboxylic acids is 3. The molecule has 0 aliphatic rings. The smallest absolute Gasteiger partial charge is 0.311 e. The number of ketones is 1. The highest BCUT2D eigenvalue weighted by Crippen LogP contribution is 2.19. The molecule has 0 fully saturated rings. The highest BCUT2D eigenvalue weighted by atomic mass is 16.5. The van der Waals surface area contributed by atoms with Crippen molar-refractivity contribution in [3.05, 3.63) is 90.0 Å². The van der Waals surface area contributed by atoms with Crippen LogP contribution in [-0.4, -0.2) is 23.8 Å². The third kappa shape index (κ3) is 5.64. The fourth-order valence-corrected chi connectivity index (χ4v) is 2.96. The molecule has 5 nitrogen and oxygen atoms in total. The molecule has 0 saturated carbocycles. The van der Waals surface area contributed by atoms with Crippen LogP contribution in [0.5, 0.6) is 0 Å². The van der Waals surface area contributed by atoms with E-state index in [0.29, 0.717) is 11.3 Å². The van der Waals surface area contributed by atoms with Gasteiger partial charge in [0.2, 0.25) is 0 Å². The largest absolute Gasteiger partial charge is 0.452 e. The SMILES string of the molecule is CC(=O)c1cccc(NC(=O)[C@H](C)OC(=O)Cc2ccc(-c3ccccc3)cc2)c1. The van der Waals surface area contributed by atoms with Gasteiger partial charge in [-0.1, -0.05) is 66.7 Å². The maximum Gasteiger partial charge on any atom is 0.311 e. The molecule has 0 heterocycles. The van der Waals surface area contributed by atoms with Gasteiger partial charge in [0.05, 0.1) is 6.42 Å². The number of ether oxygens (including phenoxy) is 1. The summed E-state index contributed by atoms with van der Waals surface area (Å²) in [7, 11) is 0. The molecule has 152 valence electrons. The van der Waals surface area contributed by atoms with Crippen LogP contribution in [0, 0.1) is 0 Å². The van der Waals surface area contributed by atoms with E-state index >= 15 is 0 Å². The fourth-order valence-electron chi connectivity index (χ4n) is 2.96. The number of hydrogen-bond acceptors (Lipinski definition) is 4. The molecule has 0 unspecified atom stereocenters. The first kappa shape index (κ1) is 21.0. The Morgan fingerprint density at radius 1 is 0.867 bits per heavy atom. The van der Waals surface area contributed by atoms with E-state index in [1.165, 1.54) is 13.8 Å². The van der Waals surface area contributed by atoms with E-state index in [2.05, 4.69) is 5.32 Å². The predicted octanol–water partition coefficient (Wildman–Crippen LogP) is 4.67. The van der Waals surface area contributed by atoms with Crippen molar-refractivity contribution in [2.45, 2.75) is 26.4 Å². The number of rotatable bonds is 7. The second-order valence-corrected chi connectivity index (χ2v) is 7.00. The van der Waals surface area contributed by atoms with Crippen LogP contribution in [0.15, 0.2) is 78.9 Å². The maximum atomic E-state index is 12.3. The molecule has 3 rings (SSSR count). The molecule has 0 aliphatic carbocycles. The molecule has 1 N–H and O–H groups in total. The van der Waals surface area contributed by atoms with Crippen molar-refractivity contribution in [1.82, 2.24) is 0 Å². The number of amides is 1. The van der Waals surface area contributed by atoms with Gasteiger partial charge in [0, 0.05) is 11.3 Å². The Morgan fingerprint density at radius 3 is 2.20 bits per heavy atom. The molecular formula is C25H23NO4. The summed E-state index contributed by atoms with van der Waals surface area (Å²) in [5, 5.41) is 2.66. The minimum absolute atomic E-state index is 0.0759. The average Bonchev–Trinajstić information content (AvgIpc) is 2.75. The van der Waals surface area contributed by atoms with E-state index in [4.69, 9.17) is 4.74 Å². The first-order chi connectivity index (χ1) is 14.4. The lowest BCUT2D eigenvalue weighted by Crippen LogP contribution is -2.30. The Morgan fingerprint density at radius 2 is 1.53 bits per heavy atom. The van der Waals surface area contributed by atoms with Gasteiger partial charge >= 0.3 is 5.97 Å². The summed E-state index contributed by atoms with van der Waals surface area (Å²) in [6.07, 6.45) is -0.881. The molecule has 1 atom stereocenters. The third-order valence-electron chi connectivity index (χ3n) is 4.62. The first-order valence-electron chi connectivity index (χ1n) is 9.68. The first-order valence-corrected chi connectivity index (χ1v) is 9.68. The van der Waals surface area contributed by atoms with Crippen molar-refractivity contribution < 1.29 is 19.1 Å². The quantitative estimate of drug-likeness (QED) is 0.461. The summed E-state index contributed by atoms with van der Waals surface area (Å²) < 4.78 is 5.26. The van der Waals surface area contributed by atoms with E-state index in [1.807, 2.05) is 54.6 Å². The van der Waals surface area contributed by atoms with Crippen LogP contribution >= 0.6 is 0 Å². The highest BCUT2D eigenvalue weighted by molar-refractivity contribution is 5.98. The van der Waals surface area contributed by atoms with Crippen molar-refractivity contribution in [3.8, 4) is 11.1 Å². The normalized spacial score (nSPS) is 11.4. The van der Waals surface area contributed by atoms with Crippen LogP contribution in [0.3, 0.4) is 0 Å². The number of esters is 1. The Hall–Kier alpha value is -3.73. The molecule has 3 aromatic rings. The summed E-state index contributed by atoms with van der Waals surface area (Å²) in [5.41, 5.74) is 3.95. The molecule has 0 aromatic heterocycles. The number of anilines is 1. The van der Waals surface area contributed by atoms with Crippen molar-refractivity contribution in [2.75, 3.05) is 5.32 Å². The van der Waals surface area contributed by atoms with Crippen LogP contribution in [0.4, 0.5) is 5.69 Å². The minimum atomic E-state index is -0.956. The van der Waals surface area contributed by atoms with Crippen molar-refractivity contribution >= 4 is 23.3 Å². The molecule has 1 amide bonds. The second kappa shape index (κ2) is 9.65. The number of Topliss-reactive ketones (excluding diaryl/α,β-unsaturated/α-hetero) is 1. The highest BCUT2D eigenvalue weighted by Gasteiger charge is 2.18. The van der Waals surface area contributed by atoms with Gasteiger partial charge in [-0.2, -0.15) is 0 Å². The predicted molar refractivity (Wildman–Crippen MR) is 116 cm³/mol. The molecule has 0 radical (unpaired) electrons. The Bertz CT molecular complexity index is 1040. The molecule has 0 aliphatic heterocycles. The van der Waals surface area contributed by atoms with Gasteiger partial charge in [0.15, 0.2) is 11.9 Å². The van der Waals surface area contributed by atoms with E-state index in [-0.39, 0.29) is 12.2 Å². The fraction of sp³-hybridized carbons (Fsp3) is 0.160. The van der Waals surface area contributed by atoms with E-state index < -0.39 is 18.0 Å². The van der Waals surface area contributed by atoms with Gasteiger partial charge in [0.1, 0.15) is 0 Å². The molecule has 30 heavy (non-hydrogen) atoms. The van der Waals surface area contributed by atoms with Crippen molar-refractivity contribution in [3.63, 3.8) is 0 Å². The summed E-state index contributed by atoms with van der Waals surface area (Å²) in [6, 6.07) is 24.2. The molecule has 0 bridgehead atoms. The maximum absolute atomic E-state index is 12.3. The zero-order chi connectivity index (χ0) is 21.5. The zero-order valence-corrected chi connectivity index (χ0v) is 16.9. The van der Waals surface area contributed by atoms with E-state index in [0.717, 1.165) is 16.7 Å². The molecular weight excluding hydrogens is 378 g/mol. The third-order valence-corrected chi connectivity index (χ3v) is 4.62. The Labute approximate surface area is 175 Å². The Balaban J connectivity index is 1.54. The number of nitrogens with one attached hydrogen (secondary N) is 1. The topological polar surface area (TPSA) is 72.5 Å². The van der Waals surface area contributed by atoms with Crippen LogP contribution in [-0.2, 0) is 20.7 Å². The zero-order valence-electron chi connectivity index (χ0n) is 16.9. The molecule has 3 aromatic carbocycles. The number of benzene rings is 3. The summed E-state index contributed by atoms with van der Waals surface area (Å²) in [6.45, 7) is 2.97. The lowest BCUT2D eigenvalue weighted by Gasteiger charge is -2.14. The monoisotopic (exact) mass is 401 g/mol. The van der Waals surface area contributed by atoms with E-state index in [9.17, 15) is 14.4 Å². The van der Waals surface area contributed by atoms with Gasteiger partial charge in [-0.15, -0.1) is 0 Å². The van der Waals surface area contributed by atoms with Gasteiger partial charge in [-0.25, -0.2) is 0 Å². The lowest BCUT2D eigenvalue weighted by atomic mass is 10.0. The van der Waals surface area contributed by atoms with Crippen LogP contribution < -0.4 is 5.32 Å². The van der Waals surface area contributed by atoms with Gasteiger partial charge in [-0.05, 0) is 42.7 Å². The second-order valence-electron chi connectivity index (χ2n) is 7.00. The number of hydrogen-bond donors (Lipinski definition) is 1. The van der Waals surface area contributed by atoms with Crippen LogP contribution in [0.25, 0.3) is 11.1 Å².